The van der Waals surface area contributed by atoms with E-state index in [1.165, 1.54) is 0 Å². The zero-order valence-corrected chi connectivity index (χ0v) is 13.6. The van der Waals surface area contributed by atoms with E-state index in [2.05, 4.69) is 6.92 Å². The molecule has 0 heterocycles. The molecule has 0 aliphatic rings. The molecule has 4 atom stereocenters. The van der Waals surface area contributed by atoms with E-state index in [0.717, 1.165) is 12.8 Å². The third-order valence-corrected chi connectivity index (χ3v) is 3.79. The van der Waals surface area contributed by atoms with E-state index >= 15 is 0 Å². The summed E-state index contributed by atoms with van der Waals surface area (Å²) in [5, 5.41) is 19.5. The van der Waals surface area contributed by atoms with Gasteiger partial charge in [0.2, 0.25) is 0 Å². The van der Waals surface area contributed by atoms with Gasteiger partial charge in [-0.15, -0.1) is 0 Å². The first kappa shape index (κ1) is 19.8. The molecule has 5 nitrogen and oxygen atoms in total. The molecule has 0 spiro atoms. The van der Waals surface area contributed by atoms with Gasteiger partial charge in [-0.2, -0.15) is 0 Å². The second kappa shape index (κ2) is 10.5. The molecule has 0 saturated heterocycles. The summed E-state index contributed by atoms with van der Waals surface area (Å²) in [5.41, 5.74) is -0.743. The molecule has 0 amide bonds. The summed E-state index contributed by atoms with van der Waals surface area (Å²) >= 11 is 0. The van der Waals surface area contributed by atoms with Crippen LogP contribution in [0.1, 0.15) is 47.0 Å². The maximum atomic E-state index is 10.00. The Morgan fingerprint density at radius 3 is 2.30 bits per heavy atom. The largest absolute Gasteiger partial charge is 0.396 e. The summed E-state index contributed by atoms with van der Waals surface area (Å²) in [6, 6.07) is 0. The van der Waals surface area contributed by atoms with E-state index in [1.54, 1.807) is 7.11 Å². The van der Waals surface area contributed by atoms with E-state index < -0.39 is 11.7 Å². The highest BCUT2D eigenvalue weighted by molar-refractivity contribution is 4.87. The lowest BCUT2D eigenvalue weighted by Crippen LogP contribution is -2.49. The Hall–Kier alpha value is -0.200. The molecule has 0 aliphatic carbocycles. The van der Waals surface area contributed by atoms with Crippen molar-refractivity contribution in [2.75, 3.05) is 26.9 Å². The van der Waals surface area contributed by atoms with Gasteiger partial charge < -0.3 is 24.4 Å². The van der Waals surface area contributed by atoms with Crippen molar-refractivity contribution in [3.8, 4) is 0 Å². The highest BCUT2D eigenvalue weighted by Crippen LogP contribution is 2.26. The van der Waals surface area contributed by atoms with Gasteiger partial charge in [0.15, 0.2) is 6.29 Å². The fourth-order valence-electron chi connectivity index (χ4n) is 2.05. The van der Waals surface area contributed by atoms with Crippen molar-refractivity contribution in [1.82, 2.24) is 0 Å². The molecule has 5 heteroatoms. The second-order valence-electron chi connectivity index (χ2n) is 5.38. The van der Waals surface area contributed by atoms with Crippen molar-refractivity contribution >= 4 is 0 Å². The fourth-order valence-corrected chi connectivity index (χ4v) is 2.05. The van der Waals surface area contributed by atoms with Crippen molar-refractivity contribution in [1.29, 1.82) is 0 Å². The smallest absolute Gasteiger partial charge is 0.154 e. The predicted octanol–water partition coefficient (Wildman–Crippen LogP) is 1.95. The minimum absolute atomic E-state index is 0.145. The summed E-state index contributed by atoms with van der Waals surface area (Å²) in [7, 11) is 1.57. The van der Waals surface area contributed by atoms with Crippen molar-refractivity contribution < 1.29 is 24.4 Å². The number of ether oxygens (including phenoxy) is 3. The first-order valence-electron chi connectivity index (χ1n) is 7.52. The molecule has 0 aromatic rings. The maximum absolute atomic E-state index is 10.00. The van der Waals surface area contributed by atoms with Gasteiger partial charge in [0.05, 0.1) is 24.9 Å². The van der Waals surface area contributed by atoms with Gasteiger partial charge in [0, 0.05) is 19.6 Å². The molecule has 0 rings (SSSR count). The lowest BCUT2D eigenvalue weighted by molar-refractivity contribution is -0.196. The van der Waals surface area contributed by atoms with Crippen LogP contribution in [-0.4, -0.2) is 55.1 Å². The molecule has 0 radical (unpaired) electrons. The Morgan fingerprint density at radius 2 is 1.85 bits per heavy atom. The summed E-state index contributed by atoms with van der Waals surface area (Å²) in [6.07, 6.45) is 1.70. The lowest BCUT2D eigenvalue weighted by Gasteiger charge is -2.38. The summed E-state index contributed by atoms with van der Waals surface area (Å²) in [5.74, 6) is -0.389. The SMILES string of the molecule is CCCCOC(C)OCC(C)(OC)C(CO)C(O)CC. The van der Waals surface area contributed by atoms with Crippen LogP contribution >= 0.6 is 0 Å². The summed E-state index contributed by atoms with van der Waals surface area (Å²) in [4.78, 5) is 0. The van der Waals surface area contributed by atoms with E-state index in [9.17, 15) is 10.2 Å². The number of aliphatic hydroxyl groups excluding tert-OH is 2. The maximum Gasteiger partial charge on any atom is 0.154 e. The first-order valence-corrected chi connectivity index (χ1v) is 7.52. The number of rotatable bonds is 12. The second-order valence-corrected chi connectivity index (χ2v) is 5.38. The van der Waals surface area contributed by atoms with Crippen LogP contribution in [-0.2, 0) is 14.2 Å². The van der Waals surface area contributed by atoms with Gasteiger partial charge in [-0.1, -0.05) is 20.3 Å². The van der Waals surface area contributed by atoms with Gasteiger partial charge in [-0.3, -0.25) is 0 Å². The molecule has 122 valence electrons. The van der Waals surface area contributed by atoms with Crippen LogP contribution in [0, 0.1) is 5.92 Å². The van der Waals surface area contributed by atoms with Crippen LogP contribution in [0.15, 0.2) is 0 Å². The van der Waals surface area contributed by atoms with Crippen LogP contribution < -0.4 is 0 Å². The number of aliphatic hydroxyl groups is 2. The standard InChI is InChI=1S/C15H32O5/c1-6-8-9-19-12(3)20-11-15(4,18-5)13(10-16)14(17)7-2/h12-14,16-17H,6-11H2,1-5H3. The summed E-state index contributed by atoms with van der Waals surface area (Å²) in [6.45, 7) is 8.45. The Morgan fingerprint density at radius 1 is 1.20 bits per heavy atom. The zero-order chi connectivity index (χ0) is 15.6. The molecule has 4 unspecified atom stereocenters. The van der Waals surface area contributed by atoms with E-state index in [4.69, 9.17) is 14.2 Å². The fraction of sp³-hybridized carbons (Fsp3) is 1.00. The molecule has 0 aromatic heterocycles. The molecule has 2 N–H and O–H groups in total. The number of hydrogen-bond acceptors (Lipinski definition) is 5. The van der Waals surface area contributed by atoms with Crippen LogP contribution in [0.3, 0.4) is 0 Å². The third kappa shape index (κ3) is 6.50. The Kier molecular flexibility index (Phi) is 10.4. The minimum Gasteiger partial charge on any atom is -0.396 e. The van der Waals surface area contributed by atoms with Crippen molar-refractivity contribution in [3.05, 3.63) is 0 Å². The Balaban J connectivity index is 4.41. The Labute approximate surface area is 123 Å². The molecule has 0 aromatic carbocycles. The molecule has 0 fully saturated rings. The number of unbranched alkanes of at least 4 members (excludes halogenated alkanes) is 1. The Bertz CT molecular complexity index is 236. The van der Waals surface area contributed by atoms with Gasteiger partial charge in [-0.25, -0.2) is 0 Å². The van der Waals surface area contributed by atoms with Gasteiger partial charge >= 0.3 is 0 Å². The average molecular weight is 292 g/mol. The molecule has 0 bridgehead atoms. The molecular formula is C15H32O5. The number of methoxy groups -OCH3 is 1. The monoisotopic (exact) mass is 292 g/mol. The zero-order valence-electron chi connectivity index (χ0n) is 13.6. The van der Waals surface area contributed by atoms with Gasteiger partial charge in [0.1, 0.15) is 0 Å². The van der Waals surface area contributed by atoms with Gasteiger partial charge in [0.25, 0.3) is 0 Å². The number of hydrogen-bond donors (Lipinski definition) is 2. The average Bonchev–Trinajstić information content (AvgIpc) is 2.45. The highest BCUT2D eigenvalue weighted by Gasteiger charge is 2.38. The normalized spacial score (nSPS) is 19.4. The highest BCUT2D eigenvalue weighted by atomic mass is 16.7. The summed E-state index contributed by atoms with van der Waals surface area (Å²) < 4.78 is 16.7. The van der Waals surface area contributed by atoms with Crippen molar-refractivity contribution in [3.63, 3.8) is 0 Å². The van der Waals surface area contributed by atoms with Crippen LogP contribution in [0.25, 0.3) is 0 Å². The lowest BCUT2D eigenvalue weighted by atomic mass is 9.84. The van der Waals surface area contributed by atoms with E-state index in [1.807, 2.05) is 20.8 Å². The molecule has 0 aliphatic heterocycles. The quantitative estimate of drug-likeness (QED) is 0.425. The molecular weight excluding hydrogens is 260 g/mol. The van der Waals surface area contributed by atoms with Crippen molar-refractivity contribution in [2.24, 2.45) is 5.92 Å². The van der Waals surface area contributed by atoms with Crippen LogP contribution in [0.5, 0.6) is 0 Å². The van der Waals surface area contributed by atoms with Crippen LogP contribution in [0.4, 0.5) is 0 Å². The van der Waals surface area contributed by atoms with Gasteiger partial charge in [-0.05, 0) is 26.7 Å². The third-order valence-electron chi connectivity index (χ3n) is 3.79. The van der Waals surface area contributed by atoms with E-state index in [-0.39, 0.29) is 25.4 Å². The minimum atomic E-state index is -0.743. The first-order chi connectivity index (χ1) is 9.45. The van der Waals surface area contributed by atoms with Crippen LogP contribution in [0.2, 0.25) is 0 Å². The predicted molar refractivity (Wildman–Crippen MR) is 78.6 cm³/mol. The van der Waals surface area contributed by atoms with E-state index in [0.29, 0.717) is 13.0 Å². The molecule has 0 saturated carbocycles. The topological polar surface area (TPSA) is 68.2 Å². The van der Waals surface area contributed by atoms with Crippen molar-refractivity contribution in [2.45, 2.75) is 65.0 Å². The molecule has 20 heavy (non-hydrogen) atoms.